The van der Waals surface area contributed by atoms with E-state index in [4.69, 9.17) is 16.3 Å². The number of aryl methyl sites for hydroxylation is 1. The van der Waals surface area contributed by atoms with Gasteiger partial charge in [-0.2, -0.15) is 0 Å². The smallest absolute Gasteiger partial charge is 0.257 e. The number of hydrogen-bond acceptors (Lipinski definition) is 9. The molecule has 9 atom stereocenters. The lowest BCUT2D eigenvalue weighted by atomic mass is 9.68. The number of phenolic OH excluding ortho intramolecular Hbond substituents is 1. The third-order valence-electron chi connectivity index (χ3n) is 10.2. The fourth-order valence-corrected chi connectivity index (χ4v) is 7.30. The largest absolute Gasteiger partial charge is 0.507 e. The molecule has 1 amide bonds. The standard InChI is InChI=1S/C39H44ClNO9/c1-18-7-10-24-11-14-29-38(49)41-37-32(40)36(48)30-26(39(24,37)50-29)16-23(6)35(47)31(30)34(46)22(5)15-21(4)33(45)20(3)9-13-25(42)12-8-19(2)28(44)17-27(18)43/h7-11,13-16,18,20-21,24-25,27,29,33,42-43,45,47H,12,17H2,1-6H3,(H,41,49)/b10-7+,13-9-,19-8+,22-15+/t18?,20-,21-,24+,25+,27-,29?,33-,39?/m0/s1. The summed E-state index contributed by atoms with van der Waals surface area (Å²) in [5.74, 6) is -4.93. The Morgan fingerprint density at radius 3 is 2.20 bits per heavy atom. The van der Waals surface area contributed by atoms with Gasteiger partial charge in [-0.25, -0.2) is 0 Å². The van der Waals surface area contributed by atoms with Crippen LogP contribution in [0.5, 0.6) is 5.75 Å². The number of ketones is 3. The average Bonchev–Trinajstić information content (AvgIpc) is 3.08. The van der Waals surface area contributed by atoms with Crippen LogP contribution in [0, 0.1) is 30.6 Å². The number of carbonyl (C=O) groups excluding carboxylic acids is 4. The summed E-state index contributed by atoms with van der Waals surface area (Å²) in [6.45, 7) is 9.97. The minimum atomic E-state index is -1.60. The van der Waals surface area contributed by atoms with E-state index in [9.17, 15) is 39.6 Å². The molecule has 2 heterocycles. The molecule has 0 saturated carbocycles. The van der Waals surface area contributed by atoms with Gasteiger partial charge < -0.3 is 30.5 Å². The van der Waals surface area contributed by atoms with Crippen molar-refractivity contribution >= 4 is 34.9 Å². The van der Waals surface area contributed by atoms with Crippen LogP contribution in [0.2, 0.25) is 0 Å². The second-order valence-electron chi connectivity index (χ2n) is 13.9. The van der Waals surface area contributed by atoms with Gasteiger partial charge in [-0.3, -0.25) is 19.2 Å². The Kier molecular flexibility index (Phi) is 10.7. The molecule has 1 fully saturated rings. The van der Waals surface area contributed by atoms with Crippen molar-refractivity contribution in [2.45, 2.75) is 84.4 Å². The zero-order valence-electron chi connectivity index (χ0n) is 28.9. The average molecular weight is 706 g/mol. The van der Waals surface area contributed by atoms with E-state index in [2.05, 4.69) is 5.32 Å². The number of halogens is 1. The molecule has 5 rings (SSSR count). The topological polar surface area (TPSA) is 170 Å². The second kappa shape index (κ2) is 14.4. The van der Waals surface area contributed by atoms with E-state index in [1.807, 2.05) is 0 Å². The molecule has 4 aliphatic rings. The van der Waals surface area contributed by atoms with Gasteiger partial charge in [0.25, 0.3) is 5.91 Å². The van der Waals surface area contributed by atoms with Crippen molar-refractivity contribution in [1.29, 1.82) is 0 Å². The number of amides is 1. The SMILES string of the molecule is C/C1=C\C[C@@H](O)/C=C\[C@H](C)[C@H](O)[C@@H](C)/C=C(\C)C(=O)c2c(O)c(C)cc3c2C(=O)C(Cl)=C2NC(=O)C4C=C[C@@H](/C=C/C(C)[C@@H](O)CC1=O)C23O4. The third kappa shape index (κ3) is 6.63. The van der Waals surface area contributed by atoms with E-state index in [1.54, 1.807) is 83.2 Å². The highest BCUT2D eigenvalue weighted by atomic mass is 35.5. The Bertz CT molecular complexity index is 1820. The third-order valence-corrected chi connectivity index (χ3v) is 10.6. The van der Waals surface area contributed by atoms with Gasteiger partial charge in [-0.1, -0.05) is 74.9 Å². The zero-order chi connectivity index (χ0) is 36.8. The zero-order valence-corrected chi connectivity index (χ0v) is 29.7. The number of morpholine rings is 1. The number of allylic oxidation sites excluding steroid dienone is 3. The van der Waals surface area contributed by atoms with E-state index >= 15 is 0 Å². The number of aliphatic hydroxyl groups is 3. The van der Waals surface area contributed by atoms with Crippen molar-refractivity contribution in [2.75, 3.05) is 0 Å². The fourth-order valence-electron chi connectivity index (χ4n) is 7.02. The lowest BCUT2D eigenvalue weighted by Gasteiger charge is -2.50. The molecule has 1 saturated heterocycles. The molecule has 2 aliphatic heterocycles. The van der Waals surface area contributed by atoms with E-state index in [1.165, 1.54) is 13.0 Å². The Morgan fingerprint density at radius 2 is 1.50 bits per heavy atom. The molecule has 5 N–H and O–H groups in total. The Hall–Kier alpha value is -3.93. The highest BCUT2D eigenvalue weighted by Crippen LogP contribution is 2.54. The van der Waals surface area contributed by atoms with Crippen LogP contribution in [0.4, 0.5) is 0 Å². The molecule has 1 spiro atoms. The van der Waals surface area contributed by atoms with Crippen molar-refractivity contribution in [3.63, 3.8) is 0 Å². The van der Waals surface area contributed by atoms with E-state index in [-0.39, 0.29) is 57.2 Å². The van der Waals surface area contributed by atoms with Crippen molar-refractivity contribution in [2.24, 2.45) is 23.7 Å². The minimum Gasteiger partial charge on any atom is -0.507 e. The van der Waals surface area contributed by atoms with E-state index in [0.717, 1.165) is 0 Å². The van der Waals surface area contributed by atoms with Gasteiger partial charge in [0.15, 0.2) is 17.7 Å². The van der Waals surface area contributed by atoms with Crippen molar-refractivity contribution in [3.8, 4) is 5.75 Å². The highest BCUT2D eigenvalue weighted by molar-refractivity contribution is 6.47. The summed E-state index contributed by atoms with van der Waals surface area (Å²) in [4.78, 5) is 54.3. The molecule has 2 aliphatic carbocycles. The molecule has 11 heteroatoms. The summed E-state index contributed by atoms with van der Waals surface area (Å²) in [5.41, 5.74) is -0.983. The Morgan fingerprint density at radius 1 is 0.840 bits per heavy atom. The van der Waals surface area contributed by atoms with Gasteiger partial charge in [-0.05, 0) is 56.0 Å². The summed E-state index contributed by atoms with van der Waals surface area (Å²) in [5, 5.41) is 46.4. The first-order valence-electron chi connectivity index (χ1n) is 16.8. The number of hydrogen-bond donors (Lipinski definition) is 5. The van der Waals surface area contributed by atoms with E-state index < -0.39 is 76.9 Å². The first kappa shape index (κ1) is 37.3. The van der Waals surface area contributed by atoms with Crippen LogP contribution in [0.25, 0.3) is 0 Å². The minimum absolute atomic E-state index is 0.00306. The molecule has 1 aromatic carbocycles. The number of carbonyl (C=O) groups is 4. The maximum atomic E-state index is 14.2. The van der Waals surface area contributed by atoms with Crippen LogP contribution in [0.3, 0.4) is 0 Å². The lowest BCUT2D eigenvalue weighted by molar-refractivity contribution is -0.155. The van der Waals surface area contributed by atoms with Gasteiger partial charge in [0.1, 0.15) is 16.4 Å². The van der Waals surface area contributed by atoms with Gasteiger partial charge in [0.2, 0.25) is 5.78 Å². The van der Waals surface area contributed by atoms with Crippen LogP contribution in [-0.2, 0) is 19.9 Å². The highest BCUT2D eigenvalue weighted by Gasteiger charge is 2.58. The molecule has 3 unspecified atom stereocenters. The number of phenols is 1. The number of benzene rings is 1. The number of ether oxygens (including phenoxy) is 1. The summed E-state index contributed by atoms with van der Waals surface area (Å²) in [6, 6.07) is 1.55. The number of nitrogens with one attached hydrogen (secondary N) is 1. The predicted molar refractivity (Wildman–Crippen MR) is 187 cm³/mol. The van der Waals surface area contributed by atoms with Crippen molar-refractivity contribution in [3.05, 3.63) is 98.8 Å². The fraction of sp³-hybridized carbons (Fsp3) is 0.436. The lowest BCUT2D eigenvalue weighted by Crippen LogP contribution is -2.59. The van der Waals surface area contributed by atoms with Crippen molar-refractivity contribution in [1.82, 2.24) is 5.32 Å². The molecule has 1 aromatic rings. The number of fused-ring (bicyclic) bond motifs is 1. The molecule has 266 valence electrons. The van der Waals surface area contributed by atoms with Crippen LogP contribution in [0.1, 0.15) is 79.3 Å². The normalized spacial score (nSPS) is 37.3. The maximum absolute atomic E-state index is 14.2. The molecule has 0 radical (unpaired) electrons. The summed E-state index contributed by atoms with van der Waals surface area (Å²) < 4.78 is 6.50. The van der Waals surface area contributed by atoms with Crippen LogP contribution >= 0.6 is 11.6 Å². The molecular formula is C39H44ClNO9. The number of aliphatic hydroxyl groups excluding tert-OH is 3. The Labute approximate surface area is 296 Å². The predicted octanol–water partition coefficient (Wildman–Crippen LogP) is 4.79. The molecule has 5 bridgehead atoms. The van der Waals surface area contributed by atoms with Crippen LogP contribution < -0.4 is 5.32 Å². The monoisotopic (exact) mass is 705 g/mol. The first-order chi connectivity index (χ1) is 23.5. The quantitative estimate of drug-likeness (QED) is 0.238. The molecular weight excluding hydrogens is 662 g/mol. The van der Waals surface area contributed by atoms with Gasteiger partial charge >= 0.3 is 0 Å². The summed E-state index contributed by atoms with van der Waals surface area (Å²) in [7, 11) is 0. The summed E-state index contributed by atoms with van der Waals surface area (Å²) >= 11 is 6.75. The van der Waals surface area contributed by atoms with Crippen molar-refractivity contribution < 1.29 is 44.3 Å². The van der Waals surface area contributed by atoms with Crippen LogP contribution in [-0.4, -0.2) is 68.1 Å². The van der Waals surface area contributed by atoms with Gasteiger partial charge in [0.05, 0.1) is 29.6 Å². The van der Waals surface area contributed by atoms with E-state index in [0.29, 0.717) is 5.57 Å². The first-order valence-corrected chi connectivity index (χ1v) is 17.2. The number of Topliss-reactive ketones (excluding diaryl/α,β-unsaturated/α-hetero) is 3. The summed E-state index contributed by atoms with van der Waals surface area (Å²) in [6.07, 6.45) is 9.11. The molecule has 0 aromatic heterocycles. The molecule has 50 heavy (non-hydrogen) atoms. The maximum Gasteiger partial charge on any atom is 0.257 e. The second-order valence-corrected chi connectivity index (χ2v) is 14.3. The number of aromatic hydroxyl groups is 1. The van der Waals surface area contributed by atoms with Crippen LogP contribution in [0.15, 0.2) is 76.6 Å². The van der Waals surface area contributed by atoms with Gasteiger partial charge in [-0.15, -0.1) is 0 Å². The van der Waals surface area contributed by atoms with Gasteiger partial charge in [0, 0.05) is 41.2 Å². The Balaban J connectivity index is 1.72. The number of rotatable bonds is 0. The molecule has 10 nitrogen and oxygen atoms in total.